The summed E-state index contributed by atoms with van der Waals surface area (Å²) in [5.74, 6) is -1.64. The SMILES string of the molecule is CC(=O)NC1C(OCCCCOP(OCCC#N)N(C(C)C)C(C)C)OC(COC(C)=O)C(OC(C)=O)C1C. The average Bonchev–Trinajstić information content (AvgIpc) is 2.82. The lowest BCUT2D eigenvalue weighted by atomic mass is 9.88. The molecule has 1 fully saturated rings. The zero-order chi connectivity index (χ0) is 29.5. The van der Waals surface area contributed by atoms with Crippen LogP contribution in [0.4, 0.5) is 0 Å². The third-order valence-corrected chi connectivity index (χ3v) is 7.97. The van der Waals surface area contributed by atoms with Gasteiger partial charge in [-0.15, -0.1) is 0 Å². The van der Waals surface area contributed by atoms with Crippen LogP contribution in [0.25, 0.3) is 0 Å². The first-order valence-corrected chi connectivity index (χ1v) is 14.6. The molecule has 0 aromatic rings. The van der Waals surface area contributed by atoms with Crippen LogP contribution >= 0.6 is 8.53 Å². The van der Waals surface area contributed by atoms with Gasteiger partial charge in [0.25, 0.3) is 8.53 Å². The first-order chi connectivity index (χ1) is 18.4. The van der Waals surface area contributed by atoms with E-state index in [9.17, 15) is 14.4 Å². The fourth-order valence-electron chi connectivity index (χ4n) is 4.27. The Labute approximate surface area is 233 Å². The van der Waals surface area contributed by atoms with Crippen molar-refractivity contribution in [1.29, 1.82) is 5.26 Å². The minimum Gasteiger partial charge on any atom is -0.463 e. The molecule has 1 aliphatic heterocycles. The number of amides is 1. The largest absolute Gasteiger partial charge is 0.463 e. The number of unbranched alkanes of at least 4 members (excludes halogenated alkanes) is 1. The molecule has 0 saturated carbocycles. The van der Waals surface area contributed by atoms with Gasteiger partial charge in [-0.25, -0.2) is 4.67 Å². The number of rotatable bonds is 17. The summed E-state index contributed by atoms with van der Waals surface area (Å²) in [5.41, 5.74) is 0. The van der Waals surface area contributed by atoms with Gasteiger partial charge in [0.1, 0.15) is 18.8 Å². The van der Waals surface area contributed by atoms with Gasteiger partial charge >= 0.3 is 11.9 Å². The van der Waals surface area contributed by atoms with Crippen LogP contribution in [0.15, 0.2) is 0 Å². The summed E-state index contributed by atoms with van der Waals surface area (Å²) in [7, 11) is -1.31. The summed E-state index contributed by atoms with van der Waals surface area (Å²) in [6, 6.07) is 1.94. The maximum absolute atomic E-state index is 11.9. The zero-order valence-electron chi connectivity index (χ0n) is 24.5. The molecule has 0 spiro atoms. The third kappa shape index (κ3) is 12.9. The van der Waals surface area contributed by atoms with Crippen LogP contribution in [0.1, 0.15) is 74.7 Å². The smallest absolute Gasteiger partial charge is 0.303 e. The Morgan fingerprint density at radius 3 is 2.15 bits per heavy atom. The van der Waals surface area contributed by atoms with E-state index in [2.05, 4.69) is 43.8 Å². The molecule has 0 aromatic heterocycles. The summed E-state index contributed by atoms with van der Waals surface area (Å²) in [6.45, 7) is 15.1. The third-order valence-electron chi connectivity index (χ3n) is 5.86. The minimum absolute atomic E-state index is 0.115. The molecule has 0 bridgehead atoms. The summed E-state index contributed by atoms with van der Waals surface area (Å²) in [5, 5.41) is 11.7. The van der Waals surface area contributed by atoms with Gasteiger partial charge < -0.3 is 33.3 Å². The van der Waals surface area contributed by atoms with Crippen LogP contribution in [0.2, 0.25) is 0 Å². The van der Waals surface area contributed by atoms with E-state index in [1.807, 2.05) is 6.92 Å². The number of hydrogen-bond donors (Lipinski definition) is 1. The first-order valence-electron chi connectivity index (χ1n) is 13.4. The Morgan fingerprint density at radius 1 is 1.00 bits per heavy atom. The molecule has 6 atom stereocenters. The molecule has 1 amide bonds. The molecule has 1 rings (SSSR count). The molecule has 1 aliphatic rings. The zero-order valence-corrected chi connectivity index (χ0v) is 25.4. The number of ether oxygens (including phenoxy) is 4. The Hall–Kier alpha value is -1.87. The highest BCUT2D eigenvalue weighted by molar-refractivity contribution is 7.44. The number of hydrogen-bond acceptors (Lipinski definition) is 11. The van der Waals surface area contributed by atoms with E-state index in [4.69, 9.17) is 33.3 Å². The minimum atomic E-state index is -1.31. The van der Waals surface area contributed by atoms with E-state index >= 15 is 0 Å². The summed E-state index contributed by atoms with van der Waals surface area (Å²) in [6.07, 6.45) is -0.693. The fourth-order valence-corrected chi connectivity index (χ4v) is 5.90. The number of nitrogens with one attached hydrogen (secondary N) is 1. The van der Waals surface area contributed by atoms with Crippen molar-refractivity contribution in [2.75, 3.05) is 26.4 Å². The molecule has 224 valence electrons. The Morgan fingerprint density at radius 2 is 1.62 bits per heavy atom. The molecule has 0 aromatic carbocycles. The van der Waals surface area contributed by atoms with Crippen molar-refractivity contribution in [2.24, 2.45) is 5.92 Å². The van der Waals surface area contributed by atoms with Gasteiger partial charge in [0.05, 0.1) is 31.7 Å². The molecule has 0 radical (unpaired) electrons. The van der Waals surface area contributed by atoms with Gasteiger partial charge in [0, 0.05) is 45.4 Å². The van der Waals surface area contributed by atoms with Gasteiger partial charge in [-0.05, 0) is 40.5 Å². The Balaban J connectivity index is 2.76. The normalized spacial score (nSPS) is 23.9. The van der Waals surface area contributed by atoms with Crippen LogP contribution in [-0.2, 0) is 42.4 Å². The van der Waals surface area contributed by atoms with Gasteiger partial charge in [0.15, 0.2) is 6.29 Å². The highest BCUT2D eigenvalue weighted by Gasteiger charge is 2.47. The van der Waals surface area contributed by atoms with Gasteiger partial charge in [0.2, 0.25) is 5.91 Å². The average molecular weight is 576 g/mol. The van der Waals surface area contributed by atoms with E-state index in [1.54, 1.807) is 0 Å². The van der Waals surface area contributed by atoms with E-state index in [0.717, 1.165) is 0 Å². The highest BCUT2D eigenvalue weighted by atomic mass is 31.2. The van der Waals surface area contributed by atoms with Crippen molar-refractivity contribution in [2.45, 2.75) is 111 Å². The van der Waals surface area contributed by atoms with Crippen molar-refractivity contribution >= 4 is 26.4 Å². The van der Waals surface area contributed by atoms with Crippen molar-refractivity contribution in [3.63, 3.8) is 0 Å². The van der Waals surface area contributed by atoms with E-state index in [-0.39, 0.29) is 30.5 Å². The lowest BCUT2D eigenvalue weighted by Crippen LogP contribution is -2.62. The van der Waals surface area contributed by atoms with Gasteiger partial charge in [-0.1, -0.05) is 6.92 Å². The molecule has 1 heterocycles. The molecular formula is C26H46N3O9P. The summed E-state index contributed by atoms with van der Waals surface area (Å²) in [4.78, 5) is 35.0. The highest BCUT2D eigenvalue weighted by Crippen LogP contribution is 2.46. The fraction of sp³-hybridized carbons (Fsp3) is 0.846. The van der Waals surface area contributed by atoms with E-state index in [0.29, 0.717) is 39.1 Å². The summed E-state index contributed by atoms with van der Waals surface area (Å²) < 4.78 is 36.8. The lowest BCUT2D eigenvalue weighted by Gasteiger charge is -2.44. The van der Waals surface area contributed by atoms with Crippen molar-refractivity contribution in [3.05, 3.63) is 0 Å². The quantitative estimate of drug-likeness (QED) is 0.155. The molecule has 12 nitrogen and oxygen atoms in total. The maximum Gasteiger partial charge on any atom is 0.303 e. The molecular weight excluding hydrogens is 529 g/mol. The molecule has 1 N–H and O–H groups in total. The van der Waals surface area contributed by atoms with Crippen LogP contribution in [-0.4, -0.2) is 85.6 Å². The van der Waals surface area contributed by atoms with E-state index < -0.39 is 45.0 Å². The maximum atomic E-state index is 11.9. The van der Waals surface area contributed by atoms with Crippen molar-refractivity contribution < 1.29 is 42.4 Å². The molecule has 1 saturated heterocycles. The topological polar surface area (TPSA) is 146 Å². The monoisotopic (exact) mass is 575 g/mol. The first kappa shape index (κ1) is 35.2. The Bertz CT molecular complexity index is 798. The van der Waals surface area contributed by atoms with Crippen molar-refractivity contribution in [1.82, 2.24) is 9.99 Å². The van der Waals surface area contributed by atoms with E-state index in [1.165, 1.54) is 20.8 Å². The number of esters is 2. The second-order valence-corrected chi connectivity index (χ2v) is 11.4. The number of nitriles is 1. The van der Waals surface area contributed by atoms with Crippen LogP contribution < -0.4 is 5.32 Å². The van der Waals surface area contributed by atoms with Crippen LogP contribution in [0.3, 0.4) is 0 Å². The predicted molar refractivity (Wildman–Crippen MR) is 144 cm³/mol. The lowest BCUT2D eigenvalue weighted by molar-refractivity contribution is -0.262. The number of nitrogens with zero attached hydrogens (tertiary/aromatic N) is 2. The Kier molecular flexibility index (Phi) is 16.7. The second kappa shape index (κ2) is 18.5. The molecule has 39 heavy (non-hydrogen) atoms. The molecule has 6 unspecified atom stereocenters. The van der Waals surface area contributed by atoms with Gasteiger partial charge in [-0.3, -0.25) is 14.4 Å². The number of carbonyl (C=O) groups is 3. The second-order valence-electron chi connectivity index (χ2n) is 9.96. The number of carbonyl (C=O) groups excluding carboxylic acids is 3. The standard InChI is InChI=1S/C26H46N3O9P/c1-17(2)29(18(3)4)39(36-15-11-12-27)35-14-10-9-13-33-26-24(28-20(6)30)19(5)25(37-22(8)32)23(38-26)16-34-21(7)31/h17-19,23-26H,9-11,13-16H2,1-8H3,(H,28,30). The van der Waals surface area contributed by atoms with Crippen LogP contribution in [0, 0.1) is 17.2 Å². The van der Waals surface area contributed by atoms with Crippen LogP contribution in [0.5, 0.6) is 0 Å². The molecule has 0 aliphatic carbocycles. The predicted octanol–water partition coefficient (Wildman–Crippen LogP) is 3.44. The molecule has 13 heteroatoms. The van der Waals surface area contributed by atoms with Crippen molar-refractivity contribution in [3.8, 4) is 6.07 Å². The summed E-state index contributed by atoms with van der Waals surface area (Å²) >= 11 is 0. The van der Waals surface area contributed by atoms with Gasteiger partial charge in [-0.2, -0.15) is 5.26 Å².